The van der Waals surface area contributed by atoms with Gasteiger partial charge in [0.05, 0.1) is 16.8 Å². The van der Waals surface area contributed by atoms with Crippen LogP contribution in [0.25, 0.3) is 10.9 Å². The molecular weight excluding hydrogens is 309 g/mol. The summed E-state index contributed by atoms with van der Waals surface area (Å²) in [4.78, 5) is 7.95. The lowest BCUT2D eigenvalue weighted by molar-refractivity contribution is 0.628. The number of benzene rings is 1. The number of thiophene rings is 1. The van der Waals surface area contributed by atoms with Crippen LogP contribution in [0.3, 0.4) is 0 Å². The van der Waals surface area contributed by atoms with E-state index >= 15 is 0 Å². The van der Waals surface area contributed by atoms with Gasteiger partial charge in [0.25, 0.3) is 0 Å². The summed E-state index contributed by atoms with van der Waals surface area (Å²) in [7, 11) is 0. The van der Waals surface area contributed by atoms with E-state index in [9.17, 15) is 9.65 Å². The van der Waals surface area contributed by atoms with Crippen LogP contribution in [0, 0.1) is 24.1 Å². The molecule has 0 bridgehead atoms. The third kappa shape index (κ3) is 2.27. The number of anilines is 1. The summed E-state index contributed by atoms with van der Waals surface area (Å²) in [5, 5.41) is 12.3. The molecule has 0 amide bonds. The molecule has 1 aliphatic heterocycles. The van der Waals surface area contributed by atoms with E-state index in [0.29, 0.717) is 5.56 Å². The number of nitriles is 1. The smallest absolute Gasteiger partial charge is 0.124 e. The van der Waals surface area contributed by atoms with Gasteiger partial charge in [0.2, 0.25) is 0 Å². The summed E-state index contributed by atoms with van der Waals surface area (Å²) < 4.78 is 13.9. The van der Waals surface area contributed by atoms with E-state index in [2.05, 4.69) is 27.4 Å². The number of aryl methyl sites for hydroxylation is 1. The Kier molecular flexibility index (Phi) is 3.28. The van der Waals surface area contributed by atoms with Gasteiger partial charge >= 0.3 is 0 Å². The number of halogens is 1. The molecule has 0 fully saturated rings. The zero-order valence-corrected chi connectivity index (χ0v) is 13.5. The number of aromatic nitrogens is 1. The number of hydrogen-bond donors (Lipinski definition) is 0. The molecule has 3 heterocycles. The lowest BCUT2D eigenvalue weighted by Gasteiger charge is -2.30. The lowest BCUT2D eigenvalue weighted by Crippen LogP contribution is -2.30. The zero-order valence-electron chi connectivity index (χ0n) is 12.6. The first kappa shape index (κ1) is 14.2. The SMILES string of the molecule is Cc1cc(F)cc2c(N3CCc4sccc4C3)c(C#N)cnc12. The van der Waals surface area contributed by atoms with Gasteiger partial charge in [-0.15, -0.1) is 11.3 Å². The van der Waals surface area contributed by atoms with Gasteiger partial charge in [0.1, 0.15) is 11.9 Å². The summed E-state index contributed by atoms with van der Waals surface area (Å²) in [5.41, 5.74) is 4.15. The van der Waals surface area contributed by atoms with E-state index in [0.717, 1.165) is 41.7 Å². The second-order valence-corrected chi connectivity index (χ2v) is 6.79. The summed E-state index contributed by atoms with van der Waals surface area (Å²) in [6.45, 7) is 3.43. The van der Waals surface area contributed by atoms with Crippen molar-refractivity contribution in [3.63, 3.8) is 0 Å². The van der Waals surface area contributed by atoms with Crippen LogP contribution in [-0.4, -0.2) is 11.5 Å². The number of nitrogens with zero attached hydrogens (tertiary/aromatic N) is 3. The summed E-state index contributed by atoms with van der Waals surface area (Å²) >= 11 is 1.78. The standard InChI is InChI=1S/C18H14FN3S/c1-11-6-14(19)7-15-17(11)21-9-13(8-20)18(15)22-4-2-16-12(10-22)3-5-23-16/h3,5-7,9H,2,4,10H2,1H3. The molecule has 0 saturated carbocycles. The first-order chi connectivity index (χ1) is 11.2. The number of rotatable bonds is 1. The number of pyridine rings is 1. The molecule has 0 radical (unpaired) electrons. The zero-order chi connectivity index (χ0) is 16.0. The Hall–Kier alpha value is -2.45. The van der Waals surface area contributed by atoms with Gasteiger partial charge in [0.15, 0.2) is 0 Å². The first-order valence-electron chi connectivity index (χ1n) is 7.46. The van der Waals surface area contributed by atoms with Crippen LogP contribution < -0.4 is 4.90 Å². The Balaban J connectivity index is 1.94. The van der Waals surface area contributed by atoms with Gasteiger partial charge < -0.3 is 4.90 Å². The quantitative estimate of drug-likeness (QED) is 0.674. The van der Waals surface area contributed by atoms with Gasteiger partial charge in [-0.25, -0.2) is 4.39 Å². The highest BCUT2D eigenvalue weighted by Gasteiger charge is 2.22. The van der Waals surface area contributed by atoms with Crippen molar-refractivity contribution < 1.29 is 4.39 Å². The van der Waals surface area contributed by atoms with Crippen LogP contribution in [0.15, 0.2) is 29.8 Å². The minimum atomic E-state index is -0.290. The molecule has 0 atom stereocenters. The number of fused-ring (bicyclic) bond motifs is 2. The molecule has 5 heteroatoms. The van der Waals surface area contributed by atoms with Crippen molar-refractivity contribution in [1.82, 2.24) is 4.98 Å². The lowest BCUT2D eigenvalue weighted by atomic mass is 10.0. The predicted molar refractivity (Wildman–Crippen MR) is 90.2 cm³/mol. The van der Waals surface area contributed by atoms with Gasteiger partial charge in [-0.1, -0.05) is 0 Å². The molecule has 0 saturated heterocycles. The Labute approximate surface area is 137 Å². The average Bonchev–Trinajstić information content (AvgIpc) is 3.01. The molecule has 114 valence electrons. The van der Waals surface area contributed by atoms with E-state index in [1.54, 1.807) is 17.5 Å². The van der Waals surface area contributed by atoms with Crippen molar-refractivity contribution in [3.8, 4) is 6.07 Å². The van der Waals surface area contributed by atoms with Gasteiger partial charge in [0, 0.05) is 29.5 Å². The fourth-order valence-electron chi connectivity index (χ4n) is 3.28. The molecule has 2 aromatic heterocycles. The van der Waals surface area contributed by atoms with Gasteiger partial charge in [-0.05, 0) is 48.1 Å². The highest BCUT2D eigenvalue weighted by molar-refractivity contribution is 7.10. The summed E-state index contributed by atoms with van der Waals surface area (Å²) in [5.74, 6) is -0.290. The molecule has 0 unspecified atom stereocenters. The molecule has 23 heavy (non-hydrogen) atoms. The highest BCUT2D eigenvalue weighted by Crippen LogP contribution is 2.35. The van der Waals surface area contributed by atoms with Crippen LogP contribution in [-0.2, 0) is 13.0 Å². The highest BCUT2D eigenvalue weighted by atomic mass is 32.1. The van der Waals surface area contributed by atoms with Crippen LogP contribution in [0.5, 0.6) is 0 Å². The predicted octanol–water partition coefficient (Wildman–Crippen LogP) is 4.18. The second-order valence-electron chi connectivity index (χ2n) is 5.79. The Bertz CT molecular complexity index is 955. The molecule has 1 aliphatic rings. The van der Waals surface area contributed by atoms with Crippen LogP contribution >= 0.6 is 11.3 Å². The fourth-order valence-corrected chi connectivity index (χ4v) is 4.17. The Morgan fingerprint density at radius 2 is 2.26 bits per heavy atom. The van der Waals surface area contributed by atoms with E-state index in [4.69, 9.17) is 0 Å². The maximum atomic E-state index is 13.9. The molecule has 3 aromatic rings. The second kappa shape index (κ2) is 5.32. The maximum Gasteiger partial charge on any atom is 0.124 e. The van der Waals surface area contributed by atoms with E-state index in [1.165, 1.54) is 22.6 Å². The molecule has 4 rings (SSSR count). The largest absolute Gasteiger partial charge is 0.365 e. The maximum absolute atomic E-state index is 13.9. The molecule has 0 spiro atoms. The minimum absolute atomic E-state index is 0.290. The third-order valence-corrected chi connectivity index (χ3v) is 5.37. The Morgan fingerprint density at radius 3 is 3.09 bits per heavy atom. The number of hydrogen-bond acceptors (Lipinski definition) is 4. The van der Waals surface area contributed by atoms with E-state index < -0.39 is 0 Å². The fraction of sp³-hybridized carbons (Fsp3) is 0.222. The van der Waals surface area contributed by atoms with Crippen molar-refractivity contribution >= 4 is 27.9 Å². The minimum Gasteiger partial charge on any atom is -0.365 e. The van der Waals surface area contributed by atoms with Crippen LogP contribution in [0.1, 0.15) is 21.6 Å². The summed E-state index contributed by atoms with van der Waals surface area (Å²) in [6, 6.07) is 7.33. The van der Waals surface area contributed by atoms with Crippen molar-refractivity contribution in [2.24, 2.45) is 0 Å². The van der Waals surface area contributed by atoms with E-state index in [1.807, 2.05) is 6.92 Å². The Morgan fingerprint density at radius 1 is 1.39 bits per heavy atom. The van der Waals surface area contributed by atoms with Gasteiger partial charge in [-0.2, -0.15) is 5.26 Å². The molecule has 1 aromatic carbocycles. The molecular formula is C18H14FN3S. The van der Waals surface area contributed by atoms with Crippen LogP contribution in [0.2, 0.25) is 0 Å². The van der Waals surface area contributed by atoms with Crippen molar-refractivity contribution in [1.29, 1.82) is 5.26 Å². The molecule has 3 nitrogen and oxygen atoms in total. The topological polar surface area (TPSA) is 39.9 Å². The normalized spacial score (nSPS) is 13.9. The monoisotopic (exact) mass is 323 g/mol. The molecule has 0 aliphatic carbocycles. The molecule has 0 N–H and O–H groups in total. The van der Waals surface area contributed by atoms with Gasteiger partial charge in [-0.3, -0.25) is 4.98 Å². The van der Waals surface area contributed by atoms with Crippen molar-refractivity contribution in [2.45, 2.75) is 19.9 Å². The van der Waals surface area contributed by atoms with Crippen molar-refractivity contribution in [2.75, 3.05) is 11.4 Å². The third-order valence-electron chi connectivity index (χ3n) is 4.34. The van der Waals surface area contributed by atoms with Crippen LogP contribution in [0.4, 0.5) is 10.1 Å². The average molecular weight is 323 g/mol. The first-order valence-corrected chi connectivity index (χ1v) is 8.34. The van der Waals surface area contributed by atoms with E-state index in [-0.39, 0.29) is 5.82 Å². The van der Waals surface area contributed by atoms with Crippen molar-refractivity contribution in [3.05, 3.63) is 57.2 Å². The summed E-state index contributed by atoms with van der Waals surface area (Å²) in [6.07, 6.45) is 2.56.